The van der Waals surface area contributed by atoms with Crippen LogP contribution in [-0.2, 0) is 0 Å². The minimum Gasteiger partial charge on any atom is -0.391 e. The van der Waals surface area contributed by atoms with Gasteiger partial charge in [-0.3, -0.25) is 9.78 Å². The molecule has 0 bridgehead atoms. The number of rotatable bonds is 5. The Morgan fingerprint density at radius 1 is 1.22 bits per heavy atom. The maximum Gasteiger partial charge on any atom is 0.273 e. The smallest absolute Gasteiger partial charge is 0.273 e. The van der Waals surface area contributed by atoms with Gasteiger partial charge in [0.1, 0.15) is 11.5 Å². The number of likely N-dealkylation sites (tertiary alicyclic amines) is 1. The number of aliphatic imine (C=N–C) groups is 1. The third kappa shape index (κ3) is 4.23. The highest BCUT2D eigenvalue weighted by Gasteiger charge is 2.34. The van der Waals surface area contributed by atoms with Crippen molar-refractivity contribution >= 4 is 34.9 Å². The van der Waals surface area contributed by atoms with E-state index in [9.17, 15) is 9.90 Å². The molecule has 1 aromatic carbocycles. The summed E-state index contributed by atoms with van der Waals surface area (Å²) in [5, 5.41) is 17.2. The van der Waals surface area contributed by atoms with Crippen molar-refractivity contribution in [1.82, 2.24) is 24.5 Å². The molecule has 2 fully saturated rings. The number of nitrogens with zero attached hydrogens (tertiary/aromatic N) is 7. The SMILES string of the molecule is C=NCC1CN(c2nc3cc(C4CCCCN4C(=O)c4nccc5ccccc45)nn3cc2C)CC1O. The number of hydrogen-bond donors (Lipinski definition) is 1. The summed E-state index contributed by atoms with van der Waals surface area (Å²) in [6.07, 6.45) is 6.08. The molecule has 190 valence electrons. The Hall–Kier alpha value is -3.85. The number of piperidine rings is 1. The Bertz CT molecular complexity index is 1480. The van der Waals surface area contributed by atoms with Crippen LogP contribution in [-0.4, -0.2) is 74.5 Å². The van der Waals surface area contributed by atoms with Gasteiger partial charge in [0.05, 0.1) is 17.8 Å². The Morgan fingerprint density at radius 3 is 2.95 bits per heavy atom. The van der Waals surface area contributed by atoms with E-state index in [0.29, 0.717) is 31.9 Å². The first-order valence-corrected chi connectivity index (χ1v) is 12.9. The van der Waals surface area contributed by atoms with E-state index in [0.717, 1.165) is 52.8 Å². The highest BCUT2D eigenvalue weighted by molar-refractivity contribution is 6.05. The lowest BCUT2D eigenvalue weighted by Crippen LogP contribution is -2.39. The number of pyridine rings is 1. The number of anilines is 1. The second kappa shape index (κ2) is 9.55. The zero-order valence-corrected chi connectivity index (χ0v) is 21.0. The molecule has 0 spiro atoms. The van der Waals surface area contributed by atoms with Crippen molar-refractivity contribution in [2.75, 3.05) is 31.1 Å². The van der Waals surface area contributed by atoms with E-state index in [1.165, 1.54) is 0 Å². The first kappa shape index (κ1) is 23.5. The molecule has 4 aromatic rings. The van der Waals surface area contributed by atoms with Crippen LogP contribution in [0.5, 0.6) is 0 Å². The van der Waals surface area contributed by atoms with Crippen LogP contribution < -0.4 is 4.90 Å². The Labute approximate surface area is 215 Å². The molecule has 0 radical (unpaired) electrons. The standard InChI is InChI=1S/C28H31N7O2/c1-18-15-35-25(31-27(18)33-16-20(14-29-2)24(36)17-33)13-22(32-35)23-9-5-6-12-34(23)28(37)26-21-8-4-3-7-19(21)10-11-30-26/h3-4,7-8,10-11,13,15,20,23-24,36H,2,5-6,9,12,14,16-17H2,1H3. The average Bonchev–Trinajstić information content (AvgIpc) is 3.50. The summed E-state index contributed by atoms with van der Waals surface area (Å²) in [6.45, 7) is 8.00. The molecule has 5 heterocycles. The fourth-order valence-electron chi connectivity index (χ4n) is 5.78. The molecule has 6 rings (SSSR count). The number of carbonyl (C=O) groups excluding carboxylic acids is 1. The van der Waals surface area contributed by atoms with Crippen molar-refractivity contribution in [1.29, 1.82) is 0 Å². The monoisotopic (exact) mass is 497 g/mol. The van der Waals surface area contributed by atoms with Crippen LogP contribution in [0.3, 0.4) is 0 Å². The number of aliphatic hydroxyl groups is 1. The number of carbonyl (C=O) groups is 1. The second-order valence-electron chi connectivity index (χ2n) is 10.1. The van der Waals surface area contributed by atoms with E-state index < -0.39 is 6.10 Å². The molecule has 1 N–H and O–H groups in total. The van der Waals surface area contributed by atoms with Crippen LogP contribution >= 0.6 is 0 Å². The van der Waals surface area contributed by atoms with Crippen molar-refractivity contribution in [3.63, 3.8) is 0 Å². The molecule has 3 atom stereocenters. The number of aryl methyl sites for hydroxylation is 1. The minimum absolute atomic E-state index is 0.0554. The zero-order valence-electron chi connectivity index (χ0n) is 21.0. The van der Waals surface area contributed by atoms with Crippen molar-refractivity contribution in [2.24, 2.45) is 10.9 Å². The van der Waals surface area contributed by atoms with Crippen LogP contribution in [0, 0.1) is 12.8 Å². The van der Waals surface area contributed by atoms with E-state index in [2.05, 4.69) is 21.6 Å². The Kier molecular flexibility index (Phi) is 6.08. The molecule has 9 heteroatoms. The molecule has 3 aromatic heterocycles. The van der Waals surface area contributed by atoms with E-state index >= 15 is 0 Å². The summed E-state index contributed by atoms with van der Waals surface area (Å²) in [7, 11) is 0. The fraction of sp³-hybridized carbons (Fsp3) is 0.393. The lowest BCUT2D eigenvalue weighted by Gasteiger charge is -2.34. The van der Waals surface area contributed by atoms with Crippen LogP contribution in [0.25, 0.3) is 16.4 Å². The van der Waals surface area contributed by atoms with Gasteiger partial charge in [-0.1, -0.05) is 24.3 Å². The molecule has 3 unspecified atom stereocenters. The maximum absolute atomic E-state index is 13.8. The zero-order chi connectivity index (χ0) is 25.5. The molecule has 0 saturated carbocycles. The quantitative estimate of drug-likeness (QED) is 0.424. The molecule has 0 aliphatic carbocycles. The minimum atomic E-state index is -0.451. The van der Waals surface area contributed by atoms with Crippen molar-refractivity contribution < 1.29 is 9.90 Å². The molecule has 1 amide bonds. The summed E-state index contributed by atoms with van der Waals surface area (Å²) in [4.78, 5) is 31.2. The number of aliphatic hydroxyl groups excluding tert-OH is 1. The Balaban J connectivity index is 1.32. The van der Waals surface area contributed by atoms with Gasteiger partial charge in [0.2, 0.25) is 0 Å². The Morgan fingerprint density at radius 2 is 2.08 bits per heavy atom. The third-order valence-electron chi connectivity index (χ3n) is 7.67. The van der Waals surface area contributed by atoms with Gasteiger partial charge < -0.3 is 19.9 Å². The van der Waals surface area contributed by atoms with Crippen LogP contribution in [0.15, 0.2) is 53.8 Å². The molecule has 2 aliphatic heterocycles. The van der Waals surface area contributed by atoms with Crippen molar-refractivity contribution in [3.8, 4) is 0 Å². The molecular weight excluding hydrogens is 466 g/mol. The maximum atomic E-state index is 13.8. The summed E-state index contributed by atoms with van der Waals surface area (Å²) in [5.74, 6) is 0.845. The summed E-state index contributed by atoms with van der Waals surface area (Å²) < 4.78 is 1.80. The number of β-amino-alcohol motifs (C(OH)–C–C–N with tert-alkyl or cyclic N) is 1. The van der Waals surface area contributed by atoms with Crippen molar-refractivity contribution in [3.05, 3.63) is 65.7 Å². The van der Waals surface area contributed by atoms with Crippen LogP contribution in [0.4, 0.5) is 5.82 Å². The first-order chi connectivity index (χ1) is 18.0. The summed E-state index contributed by atoms with van der Waals surface area (Å²) >= 11 is 0. The molecule has 2 aliphatic rings. The third-order valence-corrected chi connectivity index (χ3v) is 7.67. The molecule has 2 saturated heterocycles. The molecule has 37 heavy (non-hydrogen) atoms. The highest BCUT2D eigenvalue weighted by atomic mass is 16.3. The van der Waals surface area contributed by atoms with Gasteiger partial charge in [-0.15, -0.1) is 0 Å². The average molecular weight is 498 g/mol. The van der Waals surface area contributed by atoms with Crippen LogP contribution in [0.1, 0.15) is 47.1 Å². The van der Waals surface area contributed by atoms with Gasteiger partial charge in [-0.2, -0.15) is 5.10 Å². The van der Waals surface area contributed by atoms with Crippen LogP contribution in [0.2, 0.25) is 0 Å². The summed E-state index contributed by atoms with van der Waals surface area (Å²) in [5.41, 5.74) is 3.04. The largest absolute Gasteiger partial charge is 0.391 e. The number of amides is 1. The molecule has 9 nitrogen and oxygen atoms in total. The van der Waals surface area contributed by atoms with E-state index in [1.807, 2.05) is 54.4 Å². The number of fused-ring (bicyclic) bond motifs is 2. The number of benzene rings is 1. The second-order valence-corrected chi connectivity index (χ2v) is 10.1. The van der Waals surface area contributed by atoms with Gasteiger partial charge in [-0.05, 0) is 44.4 Å². The highest BCUT2D eigenvalue weighted by Crippen LogP contribution is 2.33. The van der Waals surface area contributed by atoms with Gasteiger partial charge in [-0.25, -0.2) is 9.50 Å². The summed E-state index contributed by atoms with van der Waals surface area (Å²) in [6, 6.07) is 11.7. The fourth-order valence-corrected chi connectivity index (χ4v) is 5.78. The van der Waals surface area contributed by atoms with E-state index in [4.69, 9.17) is 10.1 Å². The normalized spacial score (nSPS) is 22.2. The van der Waals surface area contributed by atoms with Gasteiger partial charge in [0.15, 0.2) is 5.65 Å². The molecular formula is C28H31N7O2. The predicted molar refractivity (Wildman–Crippen MR) is 143 cm³/mol. The number of hydrogen-bond acceptors (Lipinski definition) is 7. The predicted octanol–water partition coefficient (Wildman–Crippen LogP) is 3.45. The van der Waals surface area contributed by atoms with E-state index in [-0.39, 0.29) is 17.9 Å². The first-order valence-electron chi connectivity index (χ1n) is 12.9. The van der Waals surface area contributed by atoms with Crippen molar-refractivity contribution in [2.45, 2.75) is 38.3 Å². The lowest BCUT2D eigenvalue weighted by molar-refractivity contribution is 0.0602. The lowest BCUT2D eigenvalue weighted by atomic mass is 9.98. The van der Waals surface area contributed by atoms with E-state index in [1.54, 1.807) is 10.7 Å². The number of aromatic nitrogens is 4. The topological polar surface area (TPSA) is 99.2 Å². The van der Waals surface area contributed by atoms with Gasteiger partial charge in [0.25, 0.3) is 5.91 Å². The van der Waals surface area contributed by atoms with Gasteiger partial charge >= 0.3 is 0 Å². The van der Waals surface area contributed by atoms with Gasteiger partial charge in [0, 0.05) is 61.5 Å².